The monoisotopic (exact) mass is 238 g/mol. The summed E-state index contributed by atoms with van der Waals surface area (Å²) in [5, 5.41) is 21.2. The number of aromatic hydroxyl groups is 2. The molecule has 0 aromatic heterocycles. The molecule has 0 heterocycles. The summed E-state index contributed by atoms with van der Waals surface area (Å²) >= 11 is 0. The first-order chi connectivity index (χ1) is 7.84. The molecule has 0 saturated carbocycles. The Morgan fingerprint density at radius 3 is 2.29 bits per heavy atom. The number of nitrogens with two attached hydrogens (primary N) is 1. The van der Waals surface area contributed by atoms with Gasteiger partial charge in [0.05, 0.1) is 0 Å². The third-order valence-electron chi connectivity index (χ3n) is 2.44. The van der Waals surface area contributed by atoms with Crippen LogP contribution in [0, 0.1) is 5.41 Å². The molecular weight excluding hydrogens is 220 g/mol. The average Bonchev–Trinajstić information content (AvgIpc) is 2.24. The van der Waals surface area contributed by atoms with E-state index >= 15 is 0 Å². The van der Waals surface area contributed by atoms with E-state index in [1.165, 1.54) is 18.2 Å². The average molecular weight is 238 g/mol. The zero-order valence-electron chi connectivity index (χ0n) is 10.0. The number of phenols is 2. The molecule has 0 aliphatic rings. The van der Waals surface area contributed by atoms with Crippen LogP contribution in [-0.4, -0.2) is 29.2 Å². The molecule has 0 spiro atoms. The molecule has 5 heteroatoms. The van der Waals surface area contributed by atoms with Gasteiger partial charge in [-0.25, -0.2) is 0 Å². The molecule has 5 nitrogen and oxygen atoms in total. The van der Waals surface area contributed by atoms with Gasteiger partial charge < -0.3 is 21.3 Å². The highest BCUT2D eigenvalue weighted by atomic mass is 16.3. The summed E-state index contributed by atoms with van der Waals surface area (Å²) in [6, 6.07) is 3.76. The molecule has 17 heavy (non-hydrogen) atoms. The number of hydrogen-bond acceptors (Lipinski definition) is 4. The smallest absolute Gasteiger partial charge is 0.251 e. The number of carbonyl (C=O) groups is 1. The lowest BCUT2D eigenvalue weighted by atomic mass is 9.94. The number of rotatable bonds is 4. The SMILES string of the molecule is CC(C)(CN)CNC(=O)c1cc(O)cc(O)c1. The van der Waals surface area contributed by atoms with Gasteiger partial charge in [-0.05, 0) is 24.1 Å². The molecule has 1 aromatic carbocycles. The number of amides is 1. The van der Waals surface area contributed by atoms with Crippen molar-refractivity contribution in [2.75, 3.05) is 13.1 Å². The number of hydrogen-bond donors (Lipinski definition) is 4. The van der Waals surface area contributed by atoms with Gasteiger partial charge in [0.25, 0.3) is 5.91 Å². The van der Waals surface area contributed by atoms with E-state index in [1.807, 2.05) is 13.8 Å². The van der Waals surface area contributed by atoms with Gasteiger partial charge >= 0.3 is 0 Å². The van der Waals surface area contributed by atoms with Gasteiger partial charge in [0.2, 0.25) is 0 Å². The van der Waals surface area contributed by atoms with Crippen LogP contribution >= 0.6 is 0 Å². The van der Waals surface area contributed by atoms with Gasteiger partial charge in [-0.1, -0.05) is 13.8 Å². The van der Waals surface area contributed by atoms with Crippen molar-refractivity contribution in [3.8, 4) is 11.5 Å². The Hall–Kier alpha value is -1.75. The van der Waals surface area contributed by atoms with Gasteiger partial charge in [0, 0.05) is 18.2 Å². The summed E-state index contributed by atoms with van der Waals surface area (Å²) in [6.45, 7) is 4.76. The molecule has 0 aliphatic carbocycles. The van der Waals surface area contributed by atoms with Crippen molar-refractivity contribution in [2.45, 2.75) is 13.8 Å². The van der Waals surface area contributed by atoms with Crippen molar-refractivity contribution in [3.63, 3.8) is 0 Å². The number of nitrogens with one attached hydrogen (secondary N) is 1. The Morgan fingerprint density at radius 2 is 1.82 bits per heavy atom. The maximum absolute atomic E-state index is 11.7. The van der Waals surface area contributed by atoms with Crippen LogP contribution < -0.4 is 11.1 Å². The van der Waals surface area contributed by atoms with Crippen LogP contribution in [0.25, 0.3) is 0 Å². The van der Waals surface area contributed by atoms with Gasteiger partial charge in [-0.15, -0.1) is 0 Å². The lowest BCUT2D eigenvalue weighted by molar-refractivity contribution is 0.0937. The minimum Gasteiger partial charge on any atom is -0.508 e. The van der Waals surface area contributed by atoms with Crippen LogP contribution in [0.3, 0.4) is 0 Å². The van der Waals surface area contributed by atoms with Crippen LogP contribution in [0.1, 0.15) is 24.2 Å². The van der Waals surface area contributed by atoms with Crippen molar-refractivity contribution in [1.29, 1.82) is 0 Å². The predicted molar refractivity (Wildman–Crippen MR) is 64.9 cm³/mol. The van der Waals surface area contributed by atoms with E-state index in [-0.39, 0.29) is 28.4 Å². The summed E-state index contributed by atoms with van der Waals surface area (Å²) < 4.78 is 0. The second-order valence-electron chi connectivity index (χ2n) is 4.79. The van der Waals surface area contributed by atoms with E-state index in [2.05, 4.69) is 5.32 Å². The van der Waals surface area contributed by atoms with E-state index < -0.39 is 0 Å². The fourth-order valence-electron chi connectivity index (χ4n) is 1.22. The maximum Gasteiger partial charge on any atom is 0.251 e. The van der Waals surface area contributed by atoms with E-state index in [4.69, 9.17) is 5.73 Å². The molecule has 0 bridgehead atoms. The fraction of sp³-hybridized carbons (Fsp3) is 0.417. The first-order valence-corrected chi connectivity index (χ1v) is 5.35. The quantitative estimate of drug-likeness (QED) is 0.624. The summed E-state index contributed by atoms with van der Waals surface area (Å²) in [5.41, 5.74) is 5.58. The molecule has 1 aromatic rings. The summed E-state index contributed by atoms with van der Waals surface area (Å²) in [4.78, 5) is 11.7. The molecule has 0 fully saturated rings. The van der Waals surface area contributed by atoms with Gasteiger partial charge in [-0.2, -0.15) is 0 Å². The Bertz CT molecular complexity index is 396. The molecular formula is C12H18N2O3. The van der Waals surface area contributed by atoms with Crippen molar-refractivity contribution in [1.82, 2.24) is 5.32 Å². The van der Waals surface area contributed by atoms with E-state index in [9.17, 15) is 15.0 Å². The molecule has 0 atom stereocenters. The van der Waals surface area contributed by atoms with E-state index in [0.29, 0.717) is 13.1 Å². The van der Waals surface area contributed by atoms with Crippen LogP contribution in [-0.2, 0) is 0 Å². The highest BCUT2D eigenvalue weighted by Crippen LogP contribution is 2.20. The van der Waals surface area contributed by atoms with Gasteiger partial charge in [0.1, 0.15) is 11.5 Å². The minimum atomic E-state index is -0.349. The molecule has 0 radical (unpaired) electrons. The standard InChI is InChI=1S/C12H18N2O3/c1-12(2,6-13)7-14-11(17)8-3-9(15)5-10(16)4-8/h3-5,15-16H,6-7,13H2,1-2H3,(H,14,17). The van der Waals surface area contributed by atoms with Crippen molar-refractivity contribution in [3.05, 3.63) is 23.8 Å². The van der Waals surface area contributed by atoms with Crippen molar-refractivity contribution >= 4 is 5.91 Å². The first-order valence-electron chi connectivity index (χ1n) is 5.35. The van der Waals surface area contributed by atoms with Crippen LogP contribution in [0.15, 0.2) is 18.2 Å². The molecule has 94 valence electrons. The lowest BCUT2D eigenvalue weighted by Crippen LogP contribution is -2.38. The van der Waals surface area contributed by atoms with Crippen molar-refractivity contribution in [2.24, 2.45) is 11.1 Å². The van der Waals surface area contributed by atoms with Gasteiger partial charge in [0.15, 0.2) is 0 Å². The van der Waals surface area contributed by atoms with Crippen LogP contribution in [0.4, 0.5) is 0 Å². The highest BCUT2D eigenvalue weighted by molar-refractivity contribution is 5.95. The van der Waals surface area contributed by atoms with E-state index in [0.717, 1.165) is 0 Å². The Labute approximate surface area is 100 Å². The molecule has 0 unspecified atom stereocenters. The second-order valence-corrected chi connectivity index (χ2v) is 4.79. The van der Waals surface area contributed by atoms with Gasteiger partial charge in [-0.3, -0.25) is 4.79 Å². The summed E-state index contributed by atoms with van der Waals surface area (Å²) in [6.07, 6.45) is 0. The second kappa shape index (κ2) is 5.05. The maximum atomic E-state index is 11.7. The Kier molecular flexibility index (Phi) is 3.96. The number of carbonyl (C=O) groups excluding carboxylic acids is 1. The van der Waals surface area contributed by atoms with Crippen molar-refractivity contribution < 1.29 is 15.0 Å². The number of phenolic OH excluding ortho intramolecular Hbond substituents is 2. The molecule has 1 amide bonds. The zero-order valence-corrected chi connectivity index (χ0v) is 10.0. The summed E-state index contributed by atoms with van der Waals surface area (Å²) in [5.74, 6) is -0.640. The molecule has 0 saturated heterocycles. The first kappa shape index (κ1) is 13.3. The largest absolute Gasteiger partial charge is 0.508 e. The molecule has 0 aliphatic heterocycles. The predicted octanol–water partition coefficient (Wildman–Crippen LogP) is 0.812. The summed E-state index contributed by atoms with van der Waals surface area (Å²) in [7, 11) is 0. The Morgan fingerprint density at radius 1 is 1.29 bits per heavy atom. The topological polar surface area (TPSA) is 95.6 Å². The van der Waals surface area contributed by atoms with Crippen LogP contribution in [0.2, 0.25) is 0 Å². The van der Waals surface area contributed by atoms with E-state index in [1.54, 1.807) is 0 Å². The third-order valence-corrected chi connectivity index (χ3v) is 2.44. The lowest BCUT2D eigenvalue weighted by Gasteiger charge is -2.22. The molecule has 5 N–H and O–H groups in total. The minimum absolute atomic E-state index is 0.145. The normalized spacial score (nSPS) is 11.2. The van der Waals surface area contributed by atoms with Crippen LogP contribution in [0.5, 0.6) is 11.5 Å². The Balaban J connectivity index is 2.70. The highest BCUT2D eigenvalue weighted by Gasteiger charge is 2.17. The third kappa shape index (κ3) is 3.96. The fourth-order valence-corrected chi connectivity index (χ4v) is 1.22. The zero-order chi connectivity index (χ0) is 13.1. The molecule has 1 rings (SSSR count). The number of benzene rings is 1.